The highest BCUT2D eigenvalue weighted by Gasteiger charge is 2.30. The first-order chi connectivity index (χ1) is 11.1. The maximum absolute atomic E-state index is 12.5. The van der Waals surface area contributed by atoms with E-state index in [1.807, 2.05) is 0 Å². The van der Waals surface area contributed by atoms with Crippen molar-refractivity contribution in [3.63, 3.8) is 0 Å². The molecule has 0 saturated heterocycles. The van der Waals surface area contributed by atoms with E-state index in [1.54, 1.807) is 31.6 Å². The number of nitrogens with one attached hydrogen (secondary N) is 1. The van der Waals surface area contributed by atoms with Gasteiger partial charge in [-0.3, -0.25) is 14.6 Å². The predicted molar refractivity (Wildman–Crippen MR) is 86.4 cm³/mol. The minimum Gasteiger partial charge on any atom is -0.506 e. The molecule has 1 aromatic carbocycles. The molecule has 0 unspecified atom stereocenters. The molecule has 6 nitrogen and oxygen atoms in total. The second-order valence-corrected chi connectivity index (χ2v) is 5.57. The quantitative estimate of drug-likeness (QED) is 0.850. The molecule has 0 radical (unpaired) electrons. The molecule has 23 heavy (non-hydrogen) atoms. The summed E-state index contributed by atoms with van der Waals surface area (Å²) < 4.78 is 0. The molecule has 3 rings (SSSR count). The number of amides is 2. The van der Waals surface area contributed by atoms with E-state index in [9.17, 15) is 14.7 Å². The normalized spacial score (nSPS) is 13.4. The average molecular weight is 311 g/mol. The van der Waals surface area contributed by atoms with Crippen LogP contribution in [0.2, 0.25) is 0 Å². The SMILES string of the molecule is CN(C(=O)c1ccc(O)c(NC(=O)C2CC2)c1)c1cccnc1. The molecule has 1 aliphatic rings. The first-order valence-corrected chi connectivity index (χ1v) is 7.38. The molecule has 118 valence electrons. The molecule has 6 heteroatoms. The summed E-state index contributed by atoms with van der Waals surface area (Å²) in [6, 6.07) is 7.95. The van der Waals surface area contributed by atoms with E-state index in [1.165, 1.54) is 23.1 Å². The van der Waals surface area contributed by atoms with Gasteiger partial charge >= 0.3 is 0 Å². The molecule has 0 atom stereocenters. The smallest absolute Gasteiger partial charge is 0.258 e. The average Bonchev–Trinajstić information content (AvgIpc) is 3.41. The molecule has 0 spiro atoms. The van der Waals surface area contributed by atoms with Crippen molar-refractivity contribution in [3.05, 3.63) is 48.3 Å². The molecular formula is C17H17N3O3. The van der Waals surface area contributed by atoms with Crippen LogP contribution in [-0.2, 0) is 4.79 Å². The third-order valence-electron chi connectivity index (χ3n) is 3.79. The molecular weight excluding hydrogens is 294 g/mol. The number of phenolic OH excluding ortho intramolecular Hbond substituents is 1. The first kappa shape index (κ1) is 15.0. The van der Waals surface area contributed by atoms with Gasteiger partial charge in [-0.15, -0.1) is 0 Å². The second-order valence-electron chi connectivity index (χ2n) is 5.57. The van der Waals surface area contributed by atoms with Crippen LogP contribution in [0.25, 0.3) is 0 Å². The van der Waals surface area contributed by atoms with Crippen LogP contribution in [0.5, 0.6) is 5.75 Å². The first-order valence-electron chi connectivity index (χ1n) is 7.38. The second kappa shape index (κ2) is 6.08. The lowest BCUT2D eigenvalue weighted by molar-refractivity contribution is -0.117. The van der Waals surface area contributed by atoms with Gasteiger partial charge in [0.1, 0.15) is 5.75 Å². The molecule has 0 aliphatic heterocycles. The Kier molecular flexibility index (Phi) is 3.97. The Labute approximate surface area is 133 Å². The van der Waals surface area contributed by atoms with E-state index in [0.29, 0.717) is 11.3 Å². The van der Waals surface area contributed by atoms with Crippen LogP contribution in [-0.4, -0.2) is 29.0 Å². The summed E-state index contributed by atoms with van der Waals surface area (Å²) >= 11 is 0. The van der Waals surface area contributed by atoms with Crippen LogP contribution in [0.4, 0.5) is 11.4 Å². The summed E-state index contributed by atoms with van der Waals surface area (Å²) in [6.45, 7) is 0. The molecule has 2 amide bonds. The summed E-state index contributed by atoms with van der Waals surface area (Å²) in [5.74, 6) is -0.406. The monoisotopic (exact) mass is 311 g/mol. The van der Waals surface area contributed by atoms with Crippen molar-refractivity contribution in [2.24, 2.45) is 5.92 Å². The Morgan fingerprint density at radius 1 is 1.30 bits per heavy atom. The summed E-state index contributed by atoms with van der Waals surface area (Å²) in [5, 5.41) is 12.5. The number of pyridine rings is 1. The Hall–Kier alpha value is -2.89. The van der Waals surface area contributed by atoms with Gasteiger partial charge in [0.2, 0.25) is 5.91 Å². The number of phenols is 1. The number of carbonyl (C=O) groups is 2. The molecule has 1 aliphatic carbocycles. The number of nitrogens with zero attached hydrogens (tertiary/aromatic N) is 2. The van der Waals surface area contributed by atoms with E-state index in [-0.39, 0.29) is 29.2 Å². The Morgan fingerprint density at radius 2 is 2.09 bits per heavy atom. The van der Waals surface area contributed by atoms with Crippen molar-refractivity contribution in [1.29, 1.82) is 0 Å². The Balaban J connectivity index is 1.81. The van der Waals surface area contributed by atoms with Gasteiger partial charge in [-0.2, -0.15) is 0 Å². The summed E-state index contributed by atoms with van der Waals surface area (Å²) in [5.41, 5.74) is 1.29. The Morgan fingerprint density at radius 3 is 2.74 bits per heavy atom. The zero-order valence-corrected chi connectivity index (χ0v) is 12.7. The minimum atomic E-state index is -0.250. The van der Waals surface area contributed by atoms with Gasteiger partial charge < -0.3 is 15.3 Å². The zero-order chi connectivity index (χ0) is 16.4. The number of aromatic hydroxyl groups is 1. The maximum atomic E-state index is 12.5. The van der Waals surface area contributed by atoms with E-state index in [4.69, 9.17) is 0 Å². The number of aromatic nitrogens is 1. The Bertz CT molecular complexity index is 742. The van der Waals surface area contributed by atoms with Gasteiger partial charge in [0.25, 0.3) is 5.91 Å². The highest BCUT2D eigenvalue weighted by atomic mass is 16.3. The standard InChI is InChI=1S/C17H17N3O3/c1-20(13-3-2-8-18-10-13)17(23)12-6-7-15(21)14(9-12)19-16(22)11-4-5-11/h2-3,6-11,21H,4-5H2,1H3,(H,19,22). The number of hydrogen-bond acceptors (Lipinski definition) is 4. The van der Waals surface area contributed by atoms with Crippen molar-refractivity contribution in [3.8, 4) is 5.75 Å². The van der Waals surface area contributed by atoms with Crippen LogP contribution in [0.15, 0.2) is 42.7 Å². The lowest BCUT2D eigenvalue weighted by Gasteiger charge is -2.17. The fraction of sp³-hybridized carbons (Fsp3) is 0.235. The molecule has 1 fully saturated rings. The minimum absolute atomic E-state index is 0.0202. The molecule has 1 heterocycles. The van der Waals surface area contributed by atoms with Gasteiger partial charge in [0.05, 0.1) is 17.6 Å². The number of rotatable bonds is 4. The zero-order valence-electron chi connectivity index (χ0n) is 12.7. The predicted octanol–water partition coefficient (Wildman–Crippen LogP) is 2.41. The van der Waals surface area contributed by atoms with Crippen LogP contribution in [0.3, 0.4) is 0 Å². The van der Waals surface area contributed by atoms with Crippen molar-refractivity contribution in [2.75, 3.05) is 17.3 Å². The van der Waals surface area contributed by atoms with Crippen molar-refractivity contribution >= 4 is 23.2 Å². The third-order valence-corrected chi connectivity index (χ3v) is 3.79. The van der Waals surface area contributed by atoms with Crippen molar-refractivity contribution in [1.82, 2.24) is 4.98 Å². The van der Waals surface area contributed by atoms with Crippen LogP contribution in [0.1, 0.15) is 23.2 Å². The molecule has 1 aromatic heterocycles. The van der Waals surface area contributed by atoms with Gasteiger partial charge in [-0.05, 0) is 43.2 Å². The van der Waals surface area contributed by atoms with E-state index in [2.05, 4.69) is 10.3 Å². The summed E-state index contributed by atoms with van der Waals surface area (Å²) in [6.07, 6.45) is 4.96. The number of carbonyl (C=O) groups excluding carboxylic acids is 2. The molecule has 2 N–H and O–H groups in total. The number of benzene rings is 1. The third kappa shape index (κ3) is 3.31. The number of hydrogen-bond donors (Lipinski definition) is 2. The van der Waals surface area contributed by atoms with Gasteiger partial charge in [-0.25, -0.2) is 0 Å². The van der Waals surface area contributed by atoms with Crippen molar-refractivity contribution in [2.45, 2.75) is 12.8 Å². The largest absolute Gasteiger partial charge is 0.506 e. The maximum Gasteiger partial charge on any atom is 0.258 e. The van der Waals surface area contributed by atoms with E-state index in [0.717, 1.165) is 12.8 Å². The highest BCUT2D eigenvalue weighted by Crippen LogP contribution is 2.32. The number of anilines is 2. The lowest BCUT2D eigenvalue weighted by Crippen LogP contribution is -2.26. The highest BCUT2D eigenvalue weighted by molar-refractivity contribution is 6.07. The van der Waals surface area contributed by atoms with Crippen LogP contribution < -0.4 is 10.2 Å². The van der Waals surface area contributed by atoms with Gasteiger partial charge in [0.15, 0.2) is 0 Å². The van der Waals surface area contributed by atoms with Gasteiger partial charge in [0, 0.05) is 24.7 Å². The molecule has 1 saturated carbocycles. The topological polar surface area (TPSA) is 82.5 Å². The van der Waals surface area contributed by atoms with Crippen LogP contribution >= 0.6 is 0 Å². The van der Waals surface area contributed by atoms with Crippen LogP contribution in [0, 0.1) is 5.92 Å². The van der Waals surface area contributed by atoms with Gasteiger partial charge in [-0.1, -0.05) is 0 Å². The summed E-state index contributed by atoms with van der Waals surface area (Å²) in [7, 11) is 1.65. The summed E-state index contributed by atoms with van der Waals surface area (Å²) in [4.78, 5) is 29.8. The van der Waals surface area contributed by atoms with Crippen molar-refractivity contribution < 1.29 is 14.7 Å². The molecule has 2 aromatic rings. The fourth-order valence-corrected chi connectivity index (χ4v) is 2.21. The van der Waals surface area contributed by atoms with E-state index >= 15 is 0 Å². The van der Waals surface area contributed by atoms with E-state index < -0.39 is 0 Å². The fourth-order valence-electron chi connectivity index (χ4n) is 2.21. The molecule has 0 bridgehead atoms. The lowest BCUT2D eigenvalue weighted by atomic mass is 10.1.